The van der Waals surface area contributed by atoms with Crippen molar-refractivity contribution in [2.45, 2.75) is 103 Å². The zero-order chi connectivity index (χ0) is 29.0. The second-order valence-corrected chi connectivity index (χ2v) is 11.9. The highest BCUT2D eigenvalue weighted by atomic mass is 79.9. The van der Waals surface area contributed by atoms with E-state index < -0.39 is 0 Å². The standard InChI is InChI=1S/C34H47ClN2O3S.BrH/c1-2-3-4-5-6-7-8-9-10-11-12-13-14-15-23-39-33-25-31(20-21-32(33)35)40-27-34(38)36-30-18-16-29(17-19-30)26-37-22-24-41-28-37;/h16-22,24-25,28H,2-15,23,26-27H2,1H3;1H. The molecule has 0 spiro atoms. The number of unbranched alkanes of at least 4 members (excludes halogenated alkanes) is 13. The smallest absolute Gasteiger partial charge is 0.262 e. The van der Waals surface area contributed by atoms with E-state index in [0.717, 1.165) is 18.7 Å². The number of rotatable bonds is 22. The van der Waals surface area contributed by atoms with E-state index in [0.29, 0.717) is 23.1 Å². The number of nitrogens with one attached hydrogen (secondary N) is 1. The third kappa shape index (κ3) is 15.4. The number of carbonyl (C=O) groups is 1. The van der Waals surface area contributed by atoms with Crippen molar-refractivity contribution < 1.29 is 35.8 Å². The Morgan fingerprint density at radius 3 is 2.05 bits per heavy atom. The topological polar surface area (TPSA) is 51.4 Å². The van der Waals surface area contributed by atoms with Crippen LogP contribution in [0.25, 0.3) is 0 Å². The van der Waals surface area contributed by atoms with Gasteiger partial charge in [-0.05, 0) is 30.7 Å². The molecule has 1 N–H and O–H groups in total. The summed E-state index contributed by atoms with van der Waals surface area (Å²) in [5.41, 5.74) is 3.98. The largest absolute Gasteiger partial charge is 1.00 e. The molecule has 5 nitrogen and oxygen atoms in total. The maximum absolute atomic E-state index is 12.4. The Balaban J connectivity index is 0.00000616. The Hall–Kier alpha value is -2.09. The van der Waals surface area contributed by atoms with Gasteiger partial charge in [0.1, 0.15) is 11.5 Å². The summed E-state index contributed by atoms with van der Waals surface area (Å²) in [6.07, 6.45) is 20.7. The van der Waals surface area contributed by atoms with Gasteiger partial charge in [0.25, 0.3) is 5.91 Å². The molecule has 0 aliphatic carbocycles. The fourth-order valence-electron chi connectivity index (χ4n) is 4.76. The number of nitrogens with zero attached hydrogens (tertiary/aromatic N) is 1. The average molecular weight is 680 g/mol. The van der Waals surface area contributed by atoms with E-state index in [1.807, 2.05) is 35.8 Å². The van der Waals surface area contributed by atoms with Crippen LogP contribution in [0.4, 0.5) is 5.69 Å². The van der Waals surface area contributed by atoms with E-state index in [2.05, 4.69) is 22.3 Å². The first kappa shape index (κ1) is 36.1. The van der Waals surface area contributed by atoms with Crippen LogP contribution in [-0.2, 0) is 11.3 Å². The van der Waals surface area contributed by atoms with Gasteiger partial charge in [-0.25, -0.2) is 0 Å². The molecule has 0 unspecified atom stereocenters. The molecule has 1 heterocycles. The maximum atomic E-state index is 12.4. The molecule has 3 rings (SSSR count). The van der Waals surface area contributed by atoms with Crippen molar-refractivity contribution in [2.24, 2.45) is 0 Å². The zero-order valence-electron chi connectivity index (χ0n) is 25.1. The fourth-order valence-corrected chi connectivity index (χ4v) is 5.53. The molecule has 2 aromatic carbocycles. The molecule has 42 heavy (non-hydrogen) atoms. The molecule has 0 saturated carbocycles. The minimum Gasteiger partial charge on any atom is -1.00 e. The van der Waals surface area contributed by atoms with Crippen molar-refractivity contribution >= 4 is 34.5 Å². The van der Waals surface area contributed by atoms with Crippen molar-refractivity contribution in [3.05, 3.63) is 70.1 Å². The van der Waals surface area contributed by atoms with E-state index in [4.69, 9.17) is 21.1 Å². The predicted octanol–water partition coefficient (Wildman–Crippen LogP) is 6.62. The lowest BCUT2D eigenvalue weighted by atomic mass is 10.0. The molecule has 8 heteroatoms. The van der Waals surface area contributed by atoms with Crippen LogP contribution in [0, 0.1) is 0 Å². The maximum Gasteiger partial charge on any atom is 0.262 e. The van der Waals surface area contributed by atoms with Gasteiger partial charge < -0.3 is 31.8 Å². The molecule has 0 atom stereocenters. The molecular formula is C34H48BrClN2O3S. The summed E-state index contributed by atoms with van der Waals surface area (Å²) in [4.78, 5) is 12.4. The average Bonchev–Trinajstić information content (AvgIpc) is 3.49. The van der Waals surface area contributed by atoms with Gasteiger partial charge in [0.2, 0.25) is 5.51 Å². The van der Waals surface area contributed by atoms with Gasteiger partial charge in [-0.2, -0.15) is 4.57 Å². The minimum absolute atomic E-state index is 0. The fraction of sp³-hybridized carbons (Fsp3) is 0.529. The van der Waals surface area contributed by atoms with Gasteiger partial charge in [-0.3, -0.25) is 4.79 Å². The van der Waals surface area contributed by atoms with E-state index >= 15 is 0 Å². The summed E-state index contributed by atoms with van der Waals surface area (Å²) in [7, 11) is 0. The van der Waals surface area contributed by atoms with E-state index in [9.17, 15) is 4.79 Å². The summed E-state index contributed by atoms with van der Waals surface area (Å²) in [6.45, 7) is 3.62. The molecule has 0 aliphatic rings. The zero-order valence-corrected chi connectivity index (χ0v) is 28.3. The first-order valence-corrected chi connectivity index (χ1v) is 16.8. The highest BCUT2D eigenvalue weighted by molar-refractivity contribution is 7.07. The second-order valence-electron chi connectivity index (χ2n) is 10.8. The molecule has 1 amide bonds. The highest BCUT2D eigenvalue weighted by Gasteiger charge is 2.09. The number of hydrogen-bond acceptors (Lipinski definition) is 4. The highest BCUT2D eigenvalue weighted by Crippen LogP contribution is 2.29. The number of amides is 1. The number of hydrogen-bond donors (Lipinski definition) is 1. The number of thiazole rings is 1. The number of anilines is 1. The lowest BCUT2D eigenvalue weighted by Crippen LogP contribution is -3.00. The Bertz CT molecular complexity index is 1110. The van der Waals surface area contributed by atoms with Crippen LogP contribution in [0.5, 0.6) is 11.5 Å². The van der Waals surface area contributed by atoms with Crippen molar-refractivity contribution in [3.63, 3.8) is 0 Å². The van der Waals surface area contributed by atoms with Gasteiger partial charge in [0.15, 0.2) is 19.3 Å². The lowest BCUT2D eigenvalue weighted by Gasteiger charge is -2.11. The summed E-state index contributed by atoms with van der Waals surface area (Å²) < 4.78 is 13.7. The third-order valence-corrected chi connectivity index (χ3v) is 8.14. The van der Waals surface area contributed by atoms with E-state index in [1.54, 1.807) is 29.5 Å². The summed E-state index contributed by atoms with van der Waals surface area (Å²) in [5.74, 6) is 0.937. The lowest BCUT2D eigenvalue weighted by molar-refractivity contribution is -0.683. The number of halogens is 2. The molecule has 0 saturated heterocycles. The van der Waals surface area contributed by atoms with Gasteiger partial charge in [-0.1, -0.05) is 125 Å². The van der Waals surface area contributed by atoms with Crippen molar-refractivity contribution in [1.82, 2.24) is 0 Å². The number of carbonyl (C=O) groups excluding carboxylic acids is 1. The van der Waals surface area contributed by atoms with Crippen LogP contribution in [-0.4, -0.2) is 19.1 Å². The second kappa shape index (κ2) is 22.4. The first-order valence-electron chi connectivity index (χ1n) is 15.5. The monoisotopic (exact) mass is 678 g/mol. The number of ether oxygens (including phenoxy) is 2. The molecule has 0 bridgehead atoms. The van der Waals surface area contributed by atoms with Crippen molar-refractivity contribution in [3.8, 4) is 11.5 Å². The molecular weight excluding hydrogens is 632 g/mol. The molecule has 0 radical (unpaired) electrons. The van der Waals surface area contributed by atoms with Crippen LogP contribution < -0.4 is 36.3 Å². The third-order valence-electron chi connectivity index (χ3n) is 7.16. The SMILES string of the molecule is CCCCCCCCCCCCCCCCOc1cc(OCC(=O)Nc2ccc(C[n+]3ccsc3)cc2)ccc1Cl.[Br-]. The molecule has 232 valence electrons. The van der Waals surface area contributed by atoms with Gasteiger partial charge >= 0.3 is 0 Å². The molecule has 0 aliphatic heterocycles. The Morgan fingerprint density at radius 1 is 0.833 bits per heavy atom. The summed E-state index contributed by atoms with van der Waals surface area (Å²) in [5, 5.41) is 5.48. The van der Waals surface area contributed by atoms with Crippen LogP contribution in [0.15, 0.2) is 59.6 Å². The first-order chi connectivity index (χ1) is 20.1. The number of aromatic nitrogens is 1. The van der Waals surface area contributed by atoms with Crippen molar-refractivity contribution in [1.29, 1.82) is 0 Å². The molecule has 1 aromatic heterocycles. The Kier molecular flexibility index (Phi) is 19.3. The van der Waals surface area contributed by atoms with E-state index in [-0.39, 0.29) is 29.5 Å². The predicted molar refractivity (Wildman–Crippen MR) is 171 cm³/mol. The van der Waals surface area contributed by atoms with Gasteiger partial charge in [-0.15, -0.1) is 0 Å². The summed E-state index contributed by atoms with van der Waals surface area (Å²) >= 11 is 7.99. The van der Waals surface area contributed by atoms with Crippen LogP contribution >= 0.6 is 22.9 Å². The molecule has 0 fully saturated rings. The Labute approximate surface area is 272 Å². The minimum atomic E-state index is -0.218. The van der Waals surface area contributed by atoms with E-state index in [1.165, 1.54) is 89.0 Å². The van der Waals surface area contributed by atoms with Crippen molar-refractivity contribution in [2.75, 3.05) is 18.5 Å². The normalized spacial score (nSPS) is 10.7. The number of benzene rings is 2. The van der Waals surface area contributed by atoms with Gasteiger partial charge in [0, 0.05) is 17.3 Å². The van der Waals surface area contributed by atoms with Crippen LogP contribution in [0.2, 0.25) is 5.02 Å². The molecule has 3 aromatic rings. The Morgan fingerprint density at radius 2 is 1.45 bits per heavy atom. The van der Waals surface area contributed by atoms with Crippen LogP contribution in [0.1, 0.15) is 102 Å². The quantitative estimate of drug-likeness (QED) is 0.0960. The summed E-state index contributed by atoms with van der Waals surface area (Å²) in [6, 6.07) is 13.1. The van der Waals surface area contributed by atoms with Crippen LogP contribution in [0.3, 0.4) is 0 Å². The van der Waals surface area contributed by atoms with Gasteiger partial charge in [0.05, 0.1) is 17.0 Å².